The summed E-state index contributed by atoms with van der Waals surface area (Å²) in [6.07, 6.45) is 0.135. The van der Waals surface area contributed by atoms with E-state index in [2.05, 4.69) is 15.9 Å². The molecular formula is C16H17BrO2. The van der Waals surface area contributed by atoms with Crippen LogP contribution in [0.25, 0.3) is 0 Å². The van der Waals surface area contributed by atoms with E-state index in [0.717, 1.165) is 21.5 Å². The number of hydrogen-bond acceptors (Lipinski definition) is 2. The predicted molar refractivity (Wildman–Crippen MR) is 80.7 cm³/mol. The van der Waals surface area contributed by atoms with E-state index in [4.69, 9.17) is 9.47 Å². The van der Waals surface area contributed by atoms with Crippen LogP contribution in [0.2, 0.25) is 0 Å². The predicted octanol–water partition coefficient (Wildman–Crippen LogP) is 4.82. The molecule has 0 aliphatic heterocycles. The van der Waals surface area contributed by atoms with Gasteiger partial charge in [-0.3, -0.25) is 0 Å². The highest BCUT2D eigenvalue weighted by atomic mass is 79.9. The van der Waals surface area contributed by atoms with Crippen molar-refractivity contribution in [3.63, 3.8) is 0 Å². The average molecular weight is 321 g/mol. The Morgan fingerprint density at radius 2 is 1.74 bits per heavy atom. The van der Waals surface area contributed by atoms with Crippen molar-refractivity contribution in [2.75, 3.05) is 0 Å². The molecule has 2 rings (SSSR count). The quantitative estimate of drug-likeness (QED) is 0.786. The third kappa shape index (κ3) is 4.28. The van der Waals surface area contributed by atoms with Crippen molar-refractivity contribution in [1.29, 1.82) is 0 Å². The fourth-order valence-electron chi connectivity index (χ4n) is 1.71. The lowest BCUT2D eigenvalue weighted by Crippen LogP contribution is -2.07. The molecule has 0 bridgehead atoms. The van der Waals surface area contributed by atoms with Gasteiger partial charge in [0.25, 0.3) is 0 Å². The van der Waals surface area contributed by atoms with Crippen LogP contribution in [0.3, 0.4) is 0 Å². The maximum absolute atomic E-state index is 5.83. The molecule has 3 heteroatoms. The van der Waals surface area contributed by atoms with E-state index >= 15 is 0 Å². The molecule has 0 N–H and O–H groups in total. The first-order valence-electron chi connectivity index (χ1n) is 6.28. The van der Waals surface area contributed by atoms with Gasteiger partial charge in [-0.25, -0.2) is 0 Å². The molecule has 0 aliphatic rings. The van der Waals surface area contributed by atoms with Crippen LogP contribution in [-0.4, -0.2) is 6.10 Å². The molecule has 0 spiro atoms. The first-order chi connectivity index (χ1) is 9.15. The van der Waals surface area contributed by atoms with Crippen molar-refractivity contribution in [3.05, 3.63) is 58.6 Å². The summed E-state index contributed by atoms with van der Waals surface area (Å²) in [7, 11) is 0. The third-order valence-electron chi connectivity index (χ3n) is 2.50. The van der Waals surface area contributed by atoms with Gasteiger partial charge in [-0.1, -0.05) is 40.2 Å². The monoisotopic (exact) mass is 320 g/mol. The van der Waals surface area contributed by atoms with Crippen LogP contribution in [0.1, 0.15) is 19.4 Å². The van der Waals surface area contributed by atoms with Gasteiger partial charge in [0.1, 0.15) is 6.61 Å². The Hall–Kier alpha value is -1.48. The summed E-state index contributed by atoms with van der Waals surface area (Å²) in [5.41, 5.74) is 1.12. The molecular weight excluding hydrogens is 304 g/mol. The van der Waals surface area contributed by atoms with Gasteiger partial charge < -0.3 is 9.47 Å². The molecule has 0 heterocycles. The molecule has 19 heavy (non-hydrogen) atoms. The van der Waals surface area contributed by atoms with E-state index in [0.29, 0.717) is 6.61 Å². The Morgan fingerprint density at radius 1 is 1.00 bits per heavy atom. The lowest BCUT2D eigenvalue weighted by Gasteiger charge is -2.14. The van der Waals surface area contributed by atoms with Gasteiger partial charge in [-0.2, -0.15) is 0 Å². The van der Waals surface area contributed by atoms with E-state index in [1.165, 1.54) is 0 Å². The molecule has 0 saturated carbocycles. The minimum atomic E-state index is 0.135. The highest BCUT2D eigenvalue weighted by Crippen LogP contribution is 2.28. The number of rotatable bonds is 5. The van der Waals surface area contributed by atoms with Crippen molar-refractivity contribution < 1.29 is 9.47 Å². The summed E-state index contributed by atoms with van der Waals surface area (Å²) in [5.74, 6) is 1.56. The summed E-state index contributed by atoms with van der Waals surface area (Å²) in [6.45, 7) is 4.54. The molecule has 0 fully saturated rings. The SMILES string of the molecule is CC(C)Oc1ccccc1OCc1cccc(Br)c1. The molecule has 100 valence electrons. The second-order valence-electron chi connectivity index (χ2n) is 4.53. The number of ether oxygens (including phenoxy) is 2. The smallest absolute Gasteiger partial charge is 0.161 e. The number of benzene rings is 2. The van der Waals surface area contributed by atoms with E-state index in [-0.39, 0.29) is 6.10 Å². The number of para-hydroxylation sites is 2. The van der Waals surface area contributed by atoms with Gasteiger partial charge in [0.15, 0.2) is 11.5 Å². The van der Waals surface area contributed by atoms with Gasteiger partial charge >= 0.3 is 0 Å². The zero-order valence-electron chi connectivity index (χ0n) is 11.1. The Morgan fingerprint density at radius 3 is 2.42 bits per heavy atom. The lowest BCUT2D eigenvalue weighted by molar-refractivity contribution is 0.218. The summed E-state index contributed by atoms with van der Waals surface area (Å²) in [4.78, 5) is 0. The van der Waals surface area contributed by atoms with Crippen molar-refractivity contribution in [3.8, 4) is 11.5 Å². The van der Waals surface area contributed by atoms with E-state index in [1.807, 2.05) is 62.4 Å². The Balaban J connectivity index is 2.07. The van der Waals surface area contributed by atoms with E-state index in [9.17, 15) is 0 Å². The fraction of sp³-hybridized carbons (Fsp3) is 0.250. The molecule has 0 aromatic heterocycles. The normalized spacial score (nSPS) is 10.5. The van der Waals surface area contributed by atoms with Crippen molar-refractivity contribution in [2.45, 2.75) is 26.6 Å². The van der Waals surface area contributed by atoms with Gasteiger partial charge in [-0.15, -0.1) is 0 Å². The first kappa shape index (κ1) is 13.9. The summed E-state index contributed by atoms with van der Waals surface area (Å²) >= 11 is 3.46. The lowest BCUT2D eigenvalue weighted by atomic mass is 10.2. The summed E-state index contributed by atoms with van der Waals surface area (Å²) in [5, 5.41) is 0. The second kappa shape index (κ2) is 6.62. The minimum absolute atomic E-state index is 0.135. The van der Waals surface area contributed by atoms with Gasteiger partial charge in [0.05, 0.1) is 6.10 Å². The zero-order valence-corrected chi connectivity index (χ0v) is 12.7. The average Bonchev–Trinajstić information content (AvgIpc) is 2.37. The van der Waals surface area contributed by atoms with Crippen LogP contribution < -0.4 is 9.47 Å². The molecule has 0 atom stereocenters. The molecule has 2 aromatic rings. The van der Waals surface area contributed by atoms with Crippen LogP contribution in [-0.2, 0) is 6.61 Å². The topological polar surface area (TPSA) is 18.5 Å². The molecule has 0 radical (unpaired) electrons. The molecule has 2 aromatic carbocycles. The van der Waals surface area contributed by atoms with Crippen molar-refractivity contribution in [1.82, 2.24) is 0 Å². The van der Waals surface area contributed by atoms with Crippen LogP contribution in [0.15, 0.2) is 53.0 Å². The van der Waals surface area contributed by atoms with E-state index in [1.54, 1.807) is 0 Å². The van der Waals surface area contributed by atoms with Crippen molar-refractivity contribution >= 4 is 15.9 Å². The van der Waals surface area contributed by atoms with Crippen LogP contribution in [0, 0.1) is 0 Å². The molecule has 0 saturated heterocycles. The Bertz CT molecular complexity index is 538. The van der Waals surface area contributed by atoms with Crippen LogP contribution >= 0.6 is 15.9 Å². The number of hydrogen-bond donors (Lipinski definition) is 0. The highest BCUT2D eigenvalue weighted by molar-refractivity contribution is 9.10. The molecule has 0 aliphatic carbocycles. The Labute approximate surface area is 122 Å². The fourth-order valence-corrected chi connectivity index (χ4v) is 2.16. The van der Waals surface area contributed by atoms with Gasteiger partial charge in [-0.05, 0) is 43.7 Å². The third-order valence-corrected chi connectivity index (χ3v) is 2.99. The highest BCUT2D eigenvalue weighted by Gasteiger charge is 2.06. The van der Waals surface area contributed by atoms with Crippen molar-refractivity contribution in [2.24, 2.45) is 0 Å². The van der Waals surface area contributed by atoms with Crippen LogP contribution in [0.5, 0.6) is 11.5 Å². The minimum Gasteiger partial charge on any atom is -0.487 e. The summed E-state index contributed by atoms with van der Waals surface area (Å²) < 4.78 is 12.6. The maximum atomic E-state index is 5.83. The standard InChI is InChI=1S/C16H17BrO2/c1-12(2)19-16-9-4-3-8-15(16)18-11-13-6-5-7-14(17)10-13/h3-10,12H,11H2,1-2H3. The second-order valence-corrected chi connectivity index (χ2v) is 5.45. The zero-order chi connectivity index (χ0) is 13.7. The molecule has 0 unspecified atom stereocenters. The summed E-state index contributed by atoms with van der Waals surface area (Å²) in [6, 6.07) is 15.8. The Kier molecular flexibility index (Phi) is 4.86. The van der Waals surface area contributed by atoms with Gasteiger partial charge in [0, 0.05) is 4.47 Å². The van der Waals surface area contributed by atoms with Gasteiger partial charge in [0.2, 0.25) is 0 Å². The number of halogens is 1. The molecule has 0 amide bonds. The van der Waals surface area contributed by atoms with E-state index < -0.39 is 0 Å². The maximum Gasteiger partial charge on any atom is 0.161 e. The molecule has 2 nitrogen and oxygen atoms in total. The largest absolute Gasteiger partial charge is 0.487 e. The van der Waals surface area contributed by atoms with Crippen LogP contribution in [0.4, 0.5) is 0 Å². The first-order valence-corrected chi connectivity index (χ1v) is 7.07.